The number of carbonyl (C=O) groups excluding carboxylic acids is 1. The van der Waals surface area contributed by atoms with E-state index in [1.165, 1.54) is 12.8 Å². The van der Waals surface area contributed by atoms with E-state index in [1.54, 1.807) is 6.92 Å². The van der Waals surface area contributed by atoms with Crippen molar-refractivity contribution in [2.45, 2.75) is 25.8 Å². The molecular formula is C10H18N2O. The van der Waals surface area contributed by atoms with E-state index in [0.29, 0.717) is 12.3 Å². The molecule has 1 aliphatic heterocycles. The van der Waals surface area contributed by atoms with Crippen molar-refractivity contribution < 1.29 is 4.79 Å². The molecular weight excluding hydrogens is 164 g/mol. The molecule has 0 spiro atoms. The van der Waals surface area contributed by atoms with Crippen LogP contribution in [-0.4, -0.2) is 54.3 Å². The summed E-state index contributed by atoms with van der Waals surface area (Å²) in [4.78, 5) is 15.7. The van der Waals surface area contributed by atoms with Gasteiger partial charge in [-0.2, -0.15) is 0 Å². The van der Waals surface area contributed by atoms with Crippen molar-refractivity contribution in [3.63, 3.8) is 0 Å². The molecule has 0 bridgehead atoms. The predicted molar refractivity (Wildman–Crippen MR) is 51.7 cm³/mol. The fraction of sp³-hybridized carbons (Fsp3) is 0.900. The van der Waals surface area contributed by atoms with Gasteiger partial charge >= 0.3 is 0 Å². The minimum Gasteiger partial charge on any atom is -0.299 e. The molecule has 0 aromatic rings. The van der Waals surface area contributed by atoms with Gasteiger partial charge in [0.1, 0.15) is 5.78 Å². The average Bonchev–Trinajstić information content (AvgIpc) is 2.87. The van der Waals surface area contributed by atoms with Crippen molar-refractivity contribution in [1.82, 2.24) is 9.80 Å². The van der Waals surface area contributed by atoms with Gasteiger partial charge in [-0.05, 0) is 19.8 Å². The molecule has 0 aromatic carbocycles. The first-order valence-electron chi connectivity index (χ1n) is 5.21. The minimum absolute atomic E-state index is 0.292. The highest BCUT2D eigenvalue weighted by molar-refractivity contribution is 5.77. The Kier molecular flexibility index (Phi) is 2.65. The maximum atomic E-state index is 10.9. The van der Waals surface area contributed by atoms with Crippen LogP contribution < -0.4 is 0 Å². The number of carbonyl (C=O) groups is 1. The maximum absolute atomic E-state index is 10.9. The van der Waals surface area contributed by atoms with E-state index in [1.807, 2.05) is 0 Å². The lowest BCUT2D eigenvalue weighted by Crippen LogP contribution is -2.48. The molecule has 1 saturated heterocycles. The number of piperazine rings is 1. The van der Waals surface area contributed by atoms with E-state index in [-0.39, 0.29) is 0 Å². The van der Waals surface area contributed by atoms with Crippen molar-refractivity contribution in [2.24, 2.45) is 0 Å². The van der Waals surface area contributed by atoms with Crippen LogP contribution in [0, 0.1) is 0 Å². The number of hydrogen-bond donors (Lipinski definition) is 0. The zero-order valence-electron chi connectivity index (χ0n) is 8.33. The van der Waals surface area contributed by atoms with Crippen LogP contribution in [-0.2, 0) is 4.79 Å². The highest BCUT2D eigenvalue weighted by atomic mass is 16.1. The summed E-state index contributed by atoms with van der Waals surface area (Å²) in [7, 11) is 0. The van der Waals surface area contributed by atoms with Gasteiger partial charge in [0.2, 0.25) is 0 Å². The molecule has 0 radical (unpaired) electrons. The zero-order chi connectivity index (χ0) is 9.26. The second-order valence-electron chi connectivity index (χ2n) is 4.25. The van der Waals surface area contributed by atoms with Crippen molar-refractivity contribution in [2.75, 3.05) is 32.7 Å². The molecule has 0 unspecified atom stereocenters. The van der Waals surface area contributed by atoms with Gasteiger partial charge < -0.3 is 0 Å². The second-order valence-corrected chi connectivity index (χ2v) is 4.25. The van der Waals surface area contributed by atoms with Gasteiger partial charge in [0.25, 0.3) is 0 Å². The van der Waals surface area contributed by atoms with Crippen LogP contribution in [0.5, 0.6) is 0 Å². The Hall–Kier alpha value is -0.410. The molecule has 0 aromatic heterocycles. The van der Waals surface area contributed by atoms with E-state index in [4.69, 9.17) is 0 Å². The van der Waals surface area contributed by atoms with Crippen LogP contribution in [0.25, 0.3) is 0 Å². The molecule has 2 rings (SSSR count). The van der Waals surface area contributed by atoms with Crippen molar-refractivity contribution >= 4 is 5.78 Å². The topological polar surface area (TPSA) is 23.6 Å². The van der Waals surface area contributed by atoms with Crippen LogP contribution in [0.4, 0.5) is 0 Å². The van der Waals surface area contributed by atoms with Gasteiger partial charge in [0.05, 0.1) is 6.54 Å². The SMILES string of the molecule is CC(=O)CN1CCN(C2CC2)CC1. The molecule has 2 aliphatic rings. The third-order valence-electron chi connectivity index (χ3n) is 2.92. The summed E-state index contributed by atoms with van der Waals surface area (Å²) in [5.41, 5.74) is 0. The van der Waals surface area contributed by atoms with E-state index >= 15 is 0 Å². The minimum atomic E-state index is 0.292. The third-order valence-corrected chi connectivity index (χ3v) is 2.92. The molecule has 0 atom stereocenters. The lowest BCUT2D eigenvalue weighted by atomic mass is 10.3. The first kappa shape index (κ1) is 9.16. The number of rotatable bonds is 3. The fourth-order valence-electron chi connectivity index (χ4n) is 2.04. The molecule has 3 nitrogen and oxygen atoms in total. The summed E-state index contributed by atoms with van der Waals surface area (Å²) < 4.78 is 0. The predicted octanol–water partition coefficient (Wildman–Crippen LogP) is 0.355. The largest absolute Gasteiger partial charge is 0.299 e. The van der Waals surface area contributed by atoms with Gasteiger partial charge in [0.15, 0.2) is 0 Å². The van der Waals surface area contributed by atoms with Crippen LogP contribution in [0.15, 0.2) is 0 Å². The van der Waals surface area contributed by atoms with E-state index < -0.39 is 0 Å². The van der Waals surface area contributed by atoms with Crippen molar-refractivity contribution in [3.05, 3.63) is 0 Å². The van der Waals surface area contributed by atoms with Crippen molar-refractivity contribution in [1.29, 1.82) is 0 Å². The Morgan fingerprint density at radius 1 is 1.23 bits per heavy atom. The van der Waals surface area contributed by atoms with Crippen LogP contribution in [0.2, 0.25) is 0 Å². The summed E-state index contributed by atoms with van der Waals surface area (Å²) in [5.74, 6) is 0.292. The highest BCUT2D eigenvalue weighted by Gasteiger charge is 2.31. The third kappa shape index (κ3) is 2.51. The lowest BCUT2D eigenvalue weighted by Gasteiger charge is -2.34. The number of ketones is 1. The summed E-state index contributed by atoms with van der Waals surface area (Å²) in [5, 5.41) is 0. The molecule has 1 aliphatic carbocycles. The monoisotopic (exact) mass is 182 g/mol. The number of hydrogen-bond acceptors (Lipinski definition) is 3. The lowest BCUT2D eigenvalue weighted by molar-refractivity contribution is -0.118. The average molecular weight is 182 g/mol. The molecule has 0 N–H and O–H groups in total. The molecule has 1 heterocycles. The molecule has 74 valence electrons. The van der Waals surface area contributed by atoms with Crippen LogP contribution in [0.1, 0.15) is 19.8 Å². The smallest absolute Gasteiger partial charge is 0.143 e. The van der Waals surface area contributed by atoms with E-state index in [0.717, 1.165) is 32.2 Å². The van der Waals surface area contributed by atoms with E-state index in [2.05, 4.69) is 9.80 Å². The van der Waals surface area contributed by atoms with Gasteiger partial charge in [-0.1, -0.05) is 0 Å². The maximum Gasteiger partial charge on any atom is 0.143 e. The Morgan fingerprint density at radius 2 is 1.85 bits per heavy atom. The fourth-order valence-corrected chi connectivity index (χ4v) is 2.04. The van der Waals surface area contributed by atoms with E-state index in [9.17, 15) is 4.79 Å². The standard InChI is InChI=1S/C10H18N2O/c1-9(13)8-11-4-6-12(7-5-11)10-2-3-10/h10H,2-8H2,1H3. The highest BCUT2D eigenvalue weighted by Crippen LogP contribution is 2.27. The van der Waals surface area contributed by atoms with Gasteiger partial charge in [-0.15, -0.1) is 0 Å². The quantitative estimate of drug-likeness (QED) is 0.629. The summed E-state index contributed by atoms with van der Waals surface area (Å²) in [6.45, 7) is 6.81. The Bertz CT molecular complexity index is 193. The number of nitrogens with zero attached hydrogens (tertiary/aromatic N) is 2. The number of Topliss-reactive ketones (excluding diaryl/α,β-unsaturated/α-hetero) is 1. The second kappa shape index (κ2) is 3.76. The summed E-state index contributed by atoms with van der Waals surface area (Å²) >= 11 is 0. The first-order valence-corrected chi connectivity index (χ1v) is 5.21. The zero-order valence-corrected chi connectivity index (χ0v) is 8.33. The van der Waals surface area contributed by atoms with Gasteiger partial charge in [-0.3, -0.25) is 14.6 Å². The summed E-state index contributed by atoms with van der Waals surface area (Å²) in [6, 6.07) is 0.888. The molecule has 13 heavy (non-hydrogen) atoms. The molecule has 3 heteroatoms. The normalized spacial score (nSPS) is 26.2. The molecule has 2 fully saturated rings. The van der Waals surface area contributed by atoms with Crippen LogP contribution >= 0.6 is 0 Å². The Labute approximate surface area is 79.7 Å². The van der Waals surface area contributed by atoms with Crippen molar-refractivity contribution in [3.8, 4) is 0 Å². The molecule has 0 amide bonds. The van der Waals surface area contributed by atoms with Crippen LogP contribution in [0.3, 0.4) is 0 Å². The van der Waals surface area contributed by atoms with Gasteiger partial charge in [0, 0.05) is 32.2 Å². The van der Waals surface area contributed by atoms with Gasteiger partial charge in [-0.25, -0.2) is 0 Å². The Morgan fingerprint density at radius 3 is 2.31 bits per heavy atom. The summed E-state index contributed by atoms with van der Waals surface area (Å²) in [6.07, 6.45) is 2.79. The molecule has 1 saturated carbocycles. The Balaban J connectivity index is 1.72. The first-order chi connectivity index (χ1) is 6.25.